The lowest BCUT2D eigenvalue weighted by Gasteiger charge is -2.15. The van der Waals surface area contributed by atoms with E-state index in [1.165, 1.54) is 0 Å². The van der Waals surface area contributed by atoms with E-state index in [1.54, 1.807) is 0 Å². The summed E-state index contributed by atoms with van der Waals surface area (Å²) in [6.45, 7) is 3.16. The summed E-state index contributed by atoms with van der Waals surface area (Å²) in [7, 11) is 0. The molecular weight excluding hydrogens is 240 g/mol. The fraction of sp³-hybridized carbons (Fsp3) is 0.533. The zero-order valence-electron chi connectivity index (χ0n) is 11.4. The van der Waals surface area contributed by atoms with Gasteiger partial charge in [0.15, 0.2) is 0 Å². The minimum absolute atomic E-state index is 0.0566. The van der Waals surface area contributed by atoms with Gasteiger partial charge < -0.3 is 15.7 Å². The SMILES string of the molecule is CC1NCCC1C(=O)Nc1cccc(CCCO)c1. The number of amides is 1. The zero-order valence-corrected chi connectivity index (χ0v) is 11.4. The van der Waals surface area contributed by atoms with Gasteiger partial charge in [-0.05, 0) is 50.4 Å². The summed E-state index contributed by atoms with van der Waals surface area (Å²) >= 11 is 0. The van der Waals surface area contributed by atoms with Gasteiger partial charge in [-0.3, -0.25) is 4.79 Å². The largest absolute Gasteiger partial charge is 0.396 e. The number of benzene rings is 1. The van der Waals surface area contributed by atoms with Crippen molar-refractivity contribution in [3.8, 4) is 0 Å². The van der Waals surface area contributed by atoms with Gasteiger partial charge in [0.25, 0.3) is 0 Å². The number of hydrogen-bond acceptors (Lipinski definition) is 3. The molecule has 1 aliphatic rings. The third-order valence-corrected chi connectivity index (χ3v) is 3.68. The van der Waals surface area contributed by atoms with E-state index in [1.807, 2.05) is 24.3 Å². The van der Waals surface area contributed by atoms with Gasteiger partial charge in [-0.25, -0.2) is 0 Å². The molecule has 1 saturated heterocycles. The van der Waals surface area contributed by atoms with Crippen LogP contribution in [0.2, 0.25) is 0 Å². The molecule has 0 aliphatic carbocycles. The number of nitrogens with one attached hydrogen (secondary N) is 2. The van der Waals surface area contributed by atoms with E-state index in [0.717, 1.165) is 37.1 Å². The quantitative estimate of drug-likeness (QED) is 0.754. The molecule has 0 radical (unpaired) electrons. The third kappa shape index (κ3) is 3.78. The maximum atomic E-state index is 12.2. The average Bonchev–Trinajstić information content (AvgIpc) is 2.83. The van der Waals surface area contributed by atoms with Crippen molar-refractivity contribution >= 4 is 11.6 Å². The molecule has 0 saturated carbocycles. The standard InChI is InChI=1S/C15H22N2O2/c1-11-14(7-8-16-11)15(19)17-13-6-2-4-12(10-13)5-3-9-18/h2,4,6,10-11,14,16,18H,3,5,7-9H2,1H3,(H,17,19). The fourth-order valence-electron chi connectivity index (χ4n) is 2.54. The molecule has 2 rings (SSSR count). The molecule has 0 spiro atoms. The third-order valence-electron chi connectivity index (χ3n) is 3.68. The van der Waals surface area contributed by atoms with Crippen LogP contribution in [0.4, 0.5) is 5.69 Å². The van der Waals surface area contributed by atoms with E-state index in [-0.39, 0.29) is 24.5 Å². The summed E-state index contributed by atoms with van der Waals surface area (Å²) in [6, 6.07) is 8.11. The Labute approximate surface area is 114 Å². The van der Waals surface area contributed by atoms with Crippen LogP contribution in [-0.2, 0) is 11.2 Å². The van der Waals surface area contributed by atoms with Crippen molar-refractivity contribution in [2.24, 2.45) is 5.92 Å². The Hall–Kier alpha value is -1.39. The number of anilines is 1. The van der Waals surface area contributed by atoms with Crippen LogP contribution in [0.3, 0.4) is 0 Å². The first-order valence-corrected chi connectivity index (χ1v) is 6.95. The number of carbonyl (C=O) groups excluding carboxylic acids is 1. The average molecular weight is 262 g/mol. The number of aliphatic hydroxyl groups is 1. The lowest BCUT2D eigenvalue weighted by Crippen LogP contribution is -2.32. The van der Waals surface area contributed by atoms with E-state index in [0.29, 0.717) is 0 Å². The summed E-state index contributed by atoms with van der Waals surface area (Å²) in [5.41, 5.74) is 1.99. The number of rotatable bonds is 5. The molecule has 3 N–H and O–H groups in total. The van der Waals surface area contributed by atoms with Gasteiger partial charge in [-0.15, -0.1) is 0 Å². The van der Waals surface area contributed by atoms with Crippen molar-refractivity contribution in [2.75, 3.05) is 18.5 Å². The Bertz CT molecular complexity index is 434. The minimum Gasteiger partial charge on any atom is -0.396 e. The summed E-state index contributed by atoms with van der Waals surface area (Å²) in [5.74, 6) is 0.151. The van der Waals surface area contributed by atoms with E-state index >= 15 is 0 Å². The maximum absolute atomic E-state index is 12.2. The number of hydrogen-bond donors (Lipinski definition) is 3. The fourth-order valence-corrected chi connectivity index (χ4v) is 2.54. The molecule has 4 nitrogen and oxygen atoms in total. The molecule has 0 bridgehead atoms. The number of carbonyl (C=O) groups is 1. The van der Waals surface area contributed by atoms with Gasteiger partial charge in [0, 0.05) is 18.3 Å². The first-order valence-electron chi connectivity index (χ1n) is 6.95. The Kier molecular flexibility index (Phi) is 4.93. The van der Waals surface area contributed by atoms with Crippen molar-refractivity contribution in [1.82, 2.24) is 5.32 Å². The van der Waals surface area contributed by atoms with Crippen molar-refractivity contribution in [1.29, 1.82) is 0 Å². The molecule has 1 heterocycles. The van der Waals surface area contributed by atoms with Crippen LogP contribution >= 0.6 is 0 Å². The second kappa shape index (κ2) is 6.68. The van der Waals surface area contributed by atoms with Gasteiger partial charge in [-0.1, -0.05) is 12.1 Å². The summed E-state index contributed by atoms with van der Waals surface area (Å²) < 4.78 is 0. The second-order valence-electron chi connectivity index (χ2n) is 5.15. The van der Waals surface area contributed by atoms with Crippen molar-refractivity contribution in [3.05, 3.63) is 29.8 Å². The molecule has 1 amide bonds. The molecule has 1 aliphatic heterocycles. The highest BCUT2D eigenvalue weighted by Crippen LogP contribution is 2.19. The Morgan fingerprint density at radius 1 is 1.53 bits per heavy atom. The highest BCUT2D eigenvalue weighted by atomic mass is 16.2. The van der Waals surface area contributed by atoms with E-state index in [4.69, 9.17) is 5.11 Å². The van der Waals surface area contributed by atoms with Crippen LogP contribution in [0.1, 0.15) is 25.3 Å². The number of aliphatic hydroxyl groups excluding tert-OH is 1. The van der Waals surface area contributed by atoms with Crippen LogP contribution in [-0.4, -0.2) is 30.2 Å². The van der Waals surface area contributed by atoms with E-state index in [2.05, 4.69) is 17.6 Å². The first kappa shape index (κ1) is 14.0. The summed E-state index contributed by atoms with van der Waals surface area (Å²) in [6.07, 6.45) is 2.49. The predicted molar refractivity (Wildman–Crippen MR) is 76.1 cm³/mol. The Balaban J connectivity index is 1.96. The minimum atomic E-state index is 0.0566. The predicted octanol–water partition coefficient (Wildman–Crippen LogP) is 1.55. The Morgan fingerprint density at radius 3 is 3.05 bits per heavy atom. The first-order chi connectivity index (χ1) is 9.20. The molecule has 1 fully saturated rings. The van der Waals surface area contributed by atoms with Crippen LogP contribution < -0.4 is 10.6 Å². The highest BCUT2D eigenvalue weighted by molar-refractivity contribution is 5.93. The second-order valence-corrected chi connectivity index (χ2v) is 5.15. The summed E-state index contributed by atoms with van der Waals surface area (Å²) in [4.78, 5) is 12.2. The van der Waals surface area contributed by atoms with Crippen LogP contribution in [0.25, 0.3) is 0 Å². The topological polar surface area (TPSA) is 61.4 Å². The van der Waals surface area contributed by atoms with E-state index < -0.39 is 0 Å². The van der Waals surface area contributed by atoms with Crippen LogP contribution in [0.15, 0.2) is 24.3 Å². The summed E-state index contributed by atoms with van der Waals surface area (Å²) in [5, 5.41) is 15.1. The van der Waals surface area contributed by atoms with Crippen molar-refractivity contribution < 1.29 is 9.90 Å². The van der Waals surface area contributed by atoms with Crippen molar-refractivity contribution in [2.45, 2.75) is 32.2 Å². The smallest absolute Gasteiger partial charge is 0.229 e. The molecule has 1 aromatic carbocycles. The number of aryl methyl sites for hydroxylation is 1. The van der Waals surface area contributed by atoms with Gasteiger partial charge in [0.2, 0.25) is 5.91 Å². The van der Waals surface area contributed by atoms with Crippen LogP contribution in [0, 0.1) is 5.92 Å². The Morgan fingerprint density at radius 2 is 2.37 bits per heavy atom. The van der Waals surface area contributed by atoms with Gasteiger partial charge in [0.05, 0.1) is 5.92 Å². The molecule has 104 valence electrons. The maximum Gasteiger partial charge on any atom is 0.229 e. The molecule has 4 heteroatoms. The van der Waals surface area contributed by atoms with Gasteiger partial charge in [-0.2, -0.15) is 0 Å². The van der Waals surface area contributed by atoms with Crippen molar-refractivity contribution in [3.63, 3.8) is 0 Å². The molecule has 1 aromatic rings. The van der Waals surface area contributed by atoms with Crippen LogP contribution in [0.5, 0.6) is 0 Å². The molecule has 19 heavy (non-hydrogen) atoms. The molecule has 2 unspecified atom stereocenters. The molecular formula is C15H22N2O2. The van der Waals surface area contributed by atoms with Gasteiger partial charge in [0.1, 0.15) is 0 Å². The normalized spacial score (nSPS) is 22.4. The zero-order chi connectivity index (χ0) is 13.7. The van der Waals surface area contributed by atoms with E-state index in [9.17, 15) is 4.79 Å². The monoisotopic (exact) mass is 262 g/mol. The lowest BCUT2D eigenvalue weighted by atomic mass is 10.0. The lowest BCUT2D eigenvalue weighted by molar-refractivity contribution is -0.119. The molecule has 0 aromatic heterocycles. The van der Waals surface area contributed by atoms with Gasteiger partial charge >= 0.3 is 0 Å². The molecule has 2 atom stereocenters. The highest BCUT2D eigenvalue weighted by Gasteiger charge is 2.29.